The Morgan fingerprint density at radius 2 is 2.21 bits per heavy atom. The maximum absolute atomic E-state index is 11.0. The van der Waals surface area contributed by atoms with E-state index in [0.29, 0.717) is 0 Å². The van der Waals surface area contributed by atoms with E-state index in [2.05, 4.69) is 5.32 Å². The van der Waals surface area contributed by atoms with E-state index >= 15 is 0 Å². The first-order chi connectivity index (χ1) is 6.47. The van der Waals surface area contributed by atoms with Crippen LogP contribution in [-0.2, 0) is 4.57 Å². The minimum absolute atomic E-state index is 0.0680. The first-order valence-electron chi connectivity index (χ1n) is 4.10. The Bertz CT molecular complexity index is 417. The Hall–Kier alpha value is -0.480. The number of fused-ring (bicyclic) bond motifs is 1. The second kappa shape index (κ2) is 3.28. The molecule has 0 aromatic heterocycles. The Labute approximate surface area is 85.9 Å². The Morgan fingerprint density at radius 1 is 1.50 bits per heavy atom. The summed E-state index contributed by atoms with van der Waals surface area (Å²) in [6.07, 6.45) is 0. The van der Waals surface area contributed by atoms with Crippen LogP contribution in [-0.4, -0.2) is 15.2 Å². The van der Waals surface area contributed by atoms with Gasteiger partial charge in [0, 0.05) is 10.6 Å². The van der Waals surface area contributed by atoms with Crippen LogP contribution in [0.3, 0.4) is 0 Å². The van der Waals surface area contributed by atoms with E-state index in [1.165, 1.54) is 12.1 Å². The predicted molar refractivity (Wildman–Crippen MR) is 57.1 cm³/mol. The van der Waals surface area contributed by atoms with Crippen LogP contribution in [0.5, 0.6) is 0 Å². The van der Waals surface area contributed by atoms with Crippen molar-refractivity contribution in [3.63, 3.8) is 0 Å². The summed E-state index contributed by atoms with van der Waals surface area (Å²) in [5.74, 6) is 0. The average molecular weight is 231 g/mol. The summed E-state index contributed by atoms with van der Waals surface area (Å²) in [4.78, 5) is 19.0. The highest BCUT2D eigenvalue weighted by molar-refractivity contribution is 8.00. The van der Waals surface area contributed by atoms with Crippen molar-refractivity contribution >= 4 is 30.3 Å². The Morgan fingerprint density at radius 3 is 2.86 bits per heavy atom. The number of hydrogen-bond acceptors (Lipinski definition) is 3. The van der Waals surface area contributed by atoms with Gasteiger partial charge in [-0.2, -0.15) is 0 Å². The van der Waals surface area contributed by atoms with Crippen molar-refractivity contribution in [1.29, 1.82) is 0 Å². The number of anilines is 1. The fourth-order valence-corrected chi connectivity index (χ4v) is 2.88. The van der Waals surface area contributed by atoms with Crippen molar-refractivity contribution in [3.8, 4) is 0 Å². The molecule has 3 N–H and O–H groups in total. The molecule has 0 saturated carbocycles. The molecule has 0 saturated heterocycles. The molecular formula is C8H10NO3PS. The molecule has 1 heterocycles. The van der Waals surface area contributed by atoms with Crippen LogP contribution in [0.2, 0.25) is 0 Å². The number of rotatable bonds is 1. The number of nitrogens with one attached hydrogen (secondary N) is 1. The van der Waals surface area contributed by atoms with Gasteiger partial charge >= 0.3 is 7.60 Å². The smallest absolute Gasteiger partial charge is 0.356 e. The monoisotopic (exact) mass is 231 g/mol. The Balaban J connectivity index is 2.43. The third-order valence-corrected chi connectivity index (χ3v) is 3.99. The molecule has 4 nitrogen and oxygen atoms in total. The fourth-order valence-electron chi connectivity index (χ4n) is 1.35. The highest BCUT2D eigenvalue weighted by Gasteiger charge is 2.22. The third-order valence-electron chi connectivity index (χ3n) is 1.96. The van der Waals surface area contributed by atoms with Gasteiger partial charge in [0.25, 0.3) is 0 Å². The van der Waals surface area contributed by atoms with Crippen molar-refractivity contribution in [2.75, 3.05) is 5.32 Å². The van der Waals surface area contributed by atoms with Gasteiger partial charge in [-0.25, -0.2) is 0 Å². The molecule has 14 heavy (non-hydrogen) atoms. The molecule has 1 unspecified atom stereocenters. The van der Waals surface area contributed by atoms with Crippen molar-refractivity contribution in [2.24, 2.45) is 0 Å². The lowest BCUT2D eigenvalue weighted by Gasteiger charge is -2.06. The quantitative estimate of drug-likeness (QED) is 0.636. The summed E-state index contributed by atoms with van der Waals surface area (Å²) >= 11 is 1.65. The highest BCUT2D eigenvalue weighted by atomic mass is 32.2. The minimum Gasteiger partial charge on any atom is -0.372 e. The first kappa shape index (κ1) is 10.1. The van der Waals surface area contributed by atoms with E-state index in [-0.39, 0.29) is 10.7 Å². The van der Waals surface area contributed by atoms with Gasteiger partial charge in [0.05, 0.1) is 10.7 Å². The highest BCUT2D eigenvalue weighted by Crippen LogP contribution is 2.41. The number of benzene rings is 1. The average Bonchev–Trinajstić information content (AvgIpc) is 2.41. The largest absolute Gasteiger partial charge is 0.372 e. The second-order valence-electron chi connectivity index (χ2n) is 3.13. The predicted octanol–water partition coefficient (Wildman–Crippen LogP) is 1.35. The maximum atomic E-state index is 11.0. The summed E-state index contributed by atoms with van der Waals surface area (Å²) in [6.45, 7) is 2.00. The van der Waals surface area contributed by atoms with Gasteiger partial charge < -0.3 is 15.1 Å². The molecule has 0 fully saturated rings. The maximum Gasteiger partial charge on any atom is 0.356 e. The zero-order chi connectivity index (χ0) is 10.3. The fraction of sp³-hybridized carbons (Fsp3) is 0.250. The Kier molecular flexibility index (Phi) is 2.35. The van der Waals surface area contributed by atoms with Gasteiger partial charge in [0.2, 0.25) is 0 Å². The van der Waals surface area contributed by atoms with Crippen LogP contribution in [0.1, 0.15) is 6.92 Å². The molecule has 6 heteroatoms. The molecule has 0 radical (unpaired) electrons. The van der Waals surface area contributed by atoms with Gasteiger partial charge in [0.15, 0.2) is 0 Å². The molecule has 2 rings (SSSR count). The van der Waals surface area contributed by atoms with E-state index in [1.54, 1.807) is 17.8 Å². The van der Waals surface area contributed by atoms with E-state index in [9.17, 15) is 4.57 Å². The topological polar surface area (TPSA) is 69.6 Å². The summed E-state index contributed by atoms with van der Waals surface area (Å²) in [5, 5.41) is 3.46. The molecule has 0 amide bonds. The van der Waals surface area contributed by atoms with Gasteiger partial charge in [-0.05, 0) is 25.1 Å². The van der Waals surface area contributed by atoms with E-state index < -0.39 is 7.60 Å². The van der Waals surface area contributed by atoms with Crippen molar-refractivity contribution < 1.29 is 14.4 Å². The molecule has 0 aliphatic carbocycles. The molecule has 0 spiro atoms. The van der Waals surface area contributed by atoms with Crippen LogP contribution >= 0.6 is 19.4 Å². The van der Waals surface area contributed by atoms with Crippen LogP contribution < -0.4 is 10.6 Å². The van der Waals surface area contributed by atoms with Crippen molar-refractivity contribution in [2.45, 2.75) is 17.2 Å². The molecule has 1 aliphatic heterocycles. The molecule has 1 atom stereocenters. The van der Waals surface area contributed by atoms with Gasteiger partial charge in [-0.15, -0.1) is 0 Å². The summed E-state index contributed by atoms with van der Waals surface area (Å²) < 4.78 is 11.0. The van der Waals surface area contributed by atoms with Gasteiger partial charge in [-0.3, -0.25) is 4.57 Å². The molecular weight excluding hydrogens is 221 g/mol. The lowest BCUT2D eigenvalue weighted by Crippen LogP contribution is -2.06. The summed E-state index contributed by atoms with van der Waals surface area (Å²) in [7, 11) is -4.12. The zero-order valence-corrected chi connectivity index (χ0v) is 9.18. The van der Waals surface area contributed by atoms with E-state index in [1.807, 2.05) is 6.92 Å². The van der Waals surface area contributed by atoms with Crippen molar-refractivity contribution in [1.82, 2.24) is 0 Å². The zero-order valence-electron chi connectivity index (χ0n) is 7.47. The minimum atomic E-state index is -4.12. The van der Waals surface area contributed by atoms with Crippen molar-refractivity contribution in [3.05, 3.63) is 18.2 Å². The lowest BCUT2D eigenvalue weighted by molar-refractivity contribution is 0.387. The second-order valence-corrected chi connectivity index (χ2v) is 6.12. The third kappa shape index (κ3) is 1.81. The molecule has 1 aromatic carbocycles. The first-order valence-corrected chi connectivity index (χ1v) is 6.59. The van der Waals surface area contributed by atoms with Crippen LogP contribution in [0, 0.1) is 0 Å². The van der Waals surface area contributed by atoms with Crippen LogP contribution in [0.25, 0.3) is 0 Å². The molecule has 0 bridgehead atoms. The van der Waals surface area contributed by atoms with Crippen LogP contribution in [0.4, 0.5) is 5.69 Å². The molecule has 1 aliphatic rings. The van der Waals surface area contributed by atoms with E-state index in [0.717, 1.165) is 10.6 Å². The summed E-state index contributed by atoms with van der Waals surface area (Å²) in [5.41, 5.74) is 0.809. The van der Waals surface area contributed by atoms with Crippen LogP contribution in [0.15, 0.2) is 23.1 Å². The number of hydrogen-bond donors (Lipinski definition) is 3. The lowest BCUT2D eigenvalue weighted by atomic mass is 10.3. The normalized spacial score (nSPS) is 20.4. The van der Waals surface area contributed by atoms with Gasteiger partial charge in [-0.1, -0.05) is 11.8 Å². The molecule has 76 valence electrons. The molecule has 1 aromatic rings. The summed E-state index contributed by atoms with van der Waals surface area (Å²) in [6, 6.07) is 4.74. The van der Waals surface area contributed by atoms with E-state index in [4.69, 9.17) is 9.79 Å². The standard InChI is InChI=1S/C8H10NO3PS/c1-5-9-7-4-6(13(10,11)12)2-3-8(7)14-5/h2-5,9H,1H3,(H2,10,11,12). The SMILES string of the molecule is CC1Nc2cc(P(=O)(O)O)ccc2S1. The van der Waals surface area contributed by atoms with Gasteiger partial charge in [0.1, 0.15) is 0 Å². The number of thioether (sulfide) groups is 1.